The third-order valence-electron chi connectivity index (χ3n) is 6.44. The normalized spacial score (nSPS) is 21.5. The number of hydrogen-bond acceptors (Lipinski definition) is 4. The molecule has 0 saturated carbocycles. The third-order valence-corrected chi connectivity index (χ3v) is 8.94. The number of fused-ring (bicyclic) bond motifs is 3. The van der Waals surface area contributed by atoms with E-state index >= 15 is 0 Å². The van der Waals surface area contributed by atoms with Crippen molar-refractivity contribution in [1.82, 2.24) is 5.32 Å². The highest BCUT2D eigenvalue weighted by atomic mass is 79.9. The zero-order chi connectivity index (χ0) is 20.2. The number of halogens is 2. The molecule has 2 aliphatic rings. The van der Waals surface area contributed by atoms with Crippen molar-refractivity contribution in [3.63, 3.8) is 0 Å². The van der Waals surface area contributed by atoms with Gasteiger partial charge in [-0.15, -0.1) is 11.3 Å². The Labute approximate surface area is 186 Å². The first kappa shape index (κ1) is 20.2. The van der Waals surface area contributed by atoms with Crippen molar-refractivity contribution in [2.45, 2.75) is 52.6 Å². The number of aromatic hydroxyl groups is 1. The zero-order valence-corrected chi connectivity index (χ0v) is 20.1. The molecule has 1 aromatic heterocycles. The van der Waals surface area contributed by atoms with Gasteiger partial charge in [-0.3, -0.25) is 4.79 Å². The second kappa shape index (κ2) is 7.33. The quantitative estimate of drug-likeness (QED) is 0.434. The minimum atomic E-state index is -0.378. The largest absolute Gasteiger partial charge is 0.507 e. The van der Waals surface area contributed by atoms with E-state index in [4.69, 9.17) is 0 Å². The van der Waals surface area contributed by atoms with Crippen molar-refractivity contribution in [2.75, 3.05) is 5.32 Å². The molecule has 4 rings (SSSR count). The van der Waals surface area contributed by atoms with Gasteiger partial charge in [0.25, 0.3) is 5.91 Å². The summed E-state index contributed by atoms with van der Waals surface area (Å²) in [5.74, 6) is 0.774. The van der Waals surface area contributed by atoms with E-state index in [1.54, 1.807) is 23.5 Å². The lowest BCUT2D eigenvalue weighted by molar-refractivity contribution is 0.0934. The molecule has 1 amide bonds. The second-order valence-corrected chi connectivity index (χ2v) is 11.2. The van der Waals surface area contributed by atoms with Gasteiger partial charge in [0.1, 0.15) is 16.9 Å². The number of phenols is 1. The van der Waals surface area contributed by atoms with Crippen LogP contribution in [-0.4, -0.2) is 11.0 Å². The van der Waals surface area contributed by atoms with Gasteiger partial charge in [-0.05, 0) is 64.2 Å². The minimum absolute atomic E-state index is 0.0289. The van der Waals surface area contributed by atoms with Crippen molar-refractivity contribution in [3.05, 3.63) is 42.6 Å². The van der Waals surface area contributed by atoms with E-state index in [2.05, 4.69) is 63.3 Å². The number of hydrogen-bond donors (Lipinski definition) is 3. The Morgan fingerprint density at radius 1 is 1.25 bits per heavy atom. The lowest BCUT2D eigenvalue weighted by Gasteiger charge is -2.36. The van der Waals surface area contributed by atoms with E-state index in [1.165, 1.54) is 16.9 Å². The summed E-state index contributed by atoms with van der Waals surface area (Å²) < 4.78 is 1.44. The summed E-state index contributed by atoms with van der Waals surface area (Å²) in [6, 6.07) is 3.47. The van der Waals surface area contributed by atoms with Crippen LogP contribution in [0.2, 0.25) is 0 Å². The van der Waals surface area contributed by atoms with Gasteiger partial charge in [-0.2, -0.15) is 0 Å². The summed E-state index contributed by atoms with van der Waals surface area (Å²) in [6.45, 7) is 6.98. The van der Waals surface area contributed by atoms with Gasteiger partial charge < -0.3 is 15.7 Å². The van der Waals surface area contributed by atoms with E-state index in [-0.39, 0.29) is 17.8 Å². The highest BCUT2D eigenvalue weighted by Crippen LogP contribution is 2.47. The Kier molecular flexibility index (Phi) is 5.30. The van der Waals surface area contributed by atoms with Crippen molar-refractivity contribution in [2.24, 2.45) is 11.3 Å². The summed E-state index contributed by atoms with van der Waals surface area (Å²) in [7, 11) is 0. The zero-order valence-electron chi connectivity index (χ0n) is 16.2. The molecule has 2 atom stereocenters. The number of rotatable bonds is 3. The molecule has 1 aromatic carbocycles. The highest BCUT2D eigenvalue weighted by molar-refractivity contribution is 9.11. The van der Waals surface area contributed by atoms with Crippen molar-refractivity contribution in [3.8, 4) is 5.75 Å². The molecule has 0 unspecified atom stereocenters. The van der Waals surface area contributed by atoms with E-state index in [0.717, 1.165) is 39.9 Å². The molecular weight excluding hydrogens is 504 g/mol. The van der Waals surface area contributed by atoms with Gasteiger partial charge in [0, 0.05) is 14.9 Å². The fourth-order valence-corrected chi connectivity index (χ4v) is 6.76. The van der Waals surface area contributed by atoms with Gasteiger partial charge in [-0.1, -0.05) is 43.1 Å². The van der Waals surface area contributed by atoms with Crippen LogP contribution in [0.1, 0.15) is 66.1 Å². The number of amides is 1. The molecule has 1 aliphatic carbocycles. The lowest BCUT2D eigenvalue weighted by Crippen LogP contribution is -2.38. The average Bonchev–Trinajstić information content (AvgIpc) is 3.02. The number of anilines is 1. The minimum Gasteiger partial charge on any atom is -0.507 e. The van der Waals surface area contributed by atoms with Crippen molar-refractivity contribution < 1.29 is 9.90 Å². The van der Waals surface area contributed by atoms with Crippen molar-refractivity contribution >= 4 is 54.1 Å². The van der Waals surface area contributed by atoms with Gasteiger partial charge in [0.2, 0.25) is 0 Å². The Hall–Kier alpha value is -1.05. The first-order chi connectivity index (χ1) is 13.2. The number of carbonyl (C=O) groups is 1. The van der Waals surface area contributed by atoms with Gasteiger partial charge in [0.05, 0.1) is 10.0 Å². The van der Waals surface area contributed by atoms with Crippen LogP contribution in [-0.2, 0) is 12.8 Å². The Balaban J connectivity index is 1.66. The summed E-state index contributed by atoms with van der Waals surface area (Å²) in [5.41, 5.74) is 3.17. The molecule has 150 valence electrons. The fraction of sp³-hybridized carbons (Fsp3) is 0.476. The van der Waals surface area contributed by atoms with Crippen LogP contribution in [0.4, 0.5) is 5.00 Å². The van der Waals surface area contributed by atoms with Crippen LogP contribution in [0.5, 0.6) is 5.75 Å². The van der Waals surface area contributed by atoms with E-state index in [1.807, 2.05) is 0 Å². The maximum Gasteiger partial charge on any atom is 0.256 e. The van der Waals surface area contributed by atoms with Gasteiger partial charge >= 0.3 is 0 Å². The van der Waals surface area contributed by atoms with Crippen LogP contribution in [0.15, 0.2) is 21.1 Å². The maximum atomic E-state index is 13.0. The smallest absolute Gasteiger partial charge is 0.256 e. The predicted molar refractivity (Wildman–Crippen MR) is 121 cm³/mol. The number of thiophene rings is 1. The van der Waals surface area contributed by atoms with E-state index in [9.17, 15) is 9.90 Å². The van der Waals surface area contributed by atoms with Crippen LogP contribution < -0.4 is 10.6 Å². The fourth-order valence-electron chi connectivity index (χ4n) is 4.18. The second-order valence-electron chi connectivity index (χ2n) is 8.37. The molecule has 0 fully saturated rings. The van der Waals surface area contributed by atoms with Crippen LogP contribution in [0.25, 0.3) is 0 Å². The number of benzene rings is 1. The summed E-state index contributed by atoms with van der Waals surface area (Å²) in [5, 5.41) is 17.6. The topological polar surface area (TPSA) is 61.4 Å². The molecule has 2 aromatic rings. The SMILES string of the molecule is CCC(C)(C)[C@H]1CCc2c(sc3c2C(=O)N[C@@H](c2cc(O)c(Br)cc2Br)N3)C1. The standard InChI is InChI=1S/C21H24Br2N2O2S/c1-4-21(2,3)10-5-6-11-16(7-10)28-20-17(11)19(27)24-18(25-20)12-8-15(26)14(23)9-13(12)22/h8-10,18,25-26H,4-7H2,1-3H3,(H,24,27)/t10-,18+/m0/s1. The molecule has 0 spiro atoms. The van der Waals surface area contributed by atoms with E-state index in [0.29, 0.717) is 15.8 Å². The Bertz CT molecular complexity index is 954. The lowest BCUT2D eigenvalue weighted by atomic mass is 9.69. The molecule has 2 heterocycles. The molecular formula is C21H24Br2N2O2S. The van der Waals surface area contributed by atoms with Crippen LogP contribution in [0.3, 0.4) is 0 Å². The Morgan fingerprint density at radius 2 is 2.00 bits per heavy atom. The monoisotopic (exact) mass is 526 g/mol. The molecule has 0 saturated heterocycles. The molecule has 28 heavy (non-hydrogen) atoms. The van der Waals surface area contributed by atoms with E-state index < -0.39 is 0 Å². The van der Waals surface area contributed by atoms with Gasteiger partial charge in [-0.25, -0.2) is 0 Å². The van der Waals surface area contributed by atoms with Crippen molar-refractivity contribution in [1.29, 1.82) is 0 Å². The first-order valence-electron chi connectivity index (χ1n) is 9.61. The molecule has 1 aliphatic heterocycles. The number of phenolic OH excluding ortho intramolecular Hbond substituents is 1. The molecule has 0 bridgehead atoms. The molecule has 0 radical (unpaired) electrons. The molecule has 3 N–H and O–H groups in total. The van der Waals surface area contributed by atoms with Crippen LogP contribution >= 0.6 is 43.2 Å². The predicted octanol–water partition coefficient (Wildman–Crippen LogP) is 6.37. The summed E-state index contributed by atoms with van der Waals surface area (Å²) in [6.07, 6.45) is 3.95. The molecule has 4 nitrogen and oxygen atoms in total. The maximum absolute atomic E-state index is 13.0. The summed E-state index contributed by atoms with van der Waals surface area (Å²) in [4.78, 5) is 14.3. The number of carbonyl (C=O) groups excluding carboxylic acids is 1. The van der Waals surface area contributed by atoms with Gasteiger partial charge in [0.15, 0.2) is 0 Å². The highest BCUT2D eigenvalue weighted by Gasteiger charge is 2.37. The molecule has 7 heteroatoms. The van der Waals surface area contributed by atoms with Crippen LogP contribution in [0, 0.1) is 11.3 Å². The first-order valence-corrected chi connectivity index (χ1v) is 12.0. The third kappa shape index (κ3) is 3.39. The number of nitrogens with one attached hydrogen (secondary N) is 2. The Morgan fingerprint density at radius 3 is 2.71 bits per heavy atom. The average molecular weight is 528 g/mol. The summed E-state index contributed by atoms with van der Waals surface area (Å²) >= 11 is 8.59.